The number of sulfonamides is 2. The van der Waals surface area contributed by atoms with Crippen molar-refractivity contribution in [1.82, 2.24) is 25.0 Å². The Hall–Kier alpha value is -3.81. The molecule has 0 unspecified atom stereocenters. The molecule has 2 aliphatic heterocycles. The minimum Gasteiger partial charge on any atom is -0.468 e. The number of hydrogen-bond donors (Lipinski definition) is 4. The van der Waals surface area contributed by atoms with E-state index >= 15 is 0 Å². The first-order valence-corrected chi connectivity index (χ1v) is 21.2. The first kappa shape index (κ1) is 46.6. The van der Waals surface area contributed by atoms with Gasteiger partial charge in [0.25, 0.3) is 0 Å². The number of ether oxygens (including phenoxy) is 3. The zero-order chi connectivity index (χ0) is 40.4. The standard InChI is InChI=1S/C25H37N3O7S.C12H16N2O4S.ClH/c1-25(2,3)35-24(31)26-21(17-11-7-5-8-12-17)22(29)28-16-18(15-20(28)23(30)34-4)27-36(32,33)19-13-9-6-10-14-19;1-18-12(15)11-7-9(8-13-11)14-19(16,17)10-5-3-2-4-6-10;/h6,9-10,13-14,17-18,20-21,27H,5,7-8,11-12,15-16H2,1-4H3,(H,26,31);2-6,9,11,13-14H,7-8H2,1H3;1H/t18-,20+,21+;9-,11+;/m11./s1. The summed E-state index contributed by atoms with van der Waals surface area (Å²) in [5, 5.41) is 5.67. The molecular weight excluding hydrogens is 790 g/mol. The molecule has 5 rings (SSSR count). The number of alkyl carbamates (subject to hydrolysis) is 1. The average molecular weight is 844 g/mol. The van der Waals surface area contributed by atoms with Crippen molar-refractivity contribution in [2.45, 2.75) is 111 Å². The third-order valence-corrected chi connectivity index (χ3v) is 12.6. The van der Waals surface area contributed by atoms with Crippen LogP contribution >= 0.6 is 12.4 Å². The summed E-state index contributed by atoms with van der Waals surface area (Å²) in [5.74, 6) is -1.56. The number of halogens is 1. The number of carbonyl (C=O) groups excluding carboxylic acids is 4. The normalized spacial score (nSPS) is 22.1. The summed E-state index contributed by atoms with van der Waals surface area (Å²) in [7, 11) is -4.86. The van der Waals surface area contributed by atoms with E-state index in [1.807, 2.05) is 0 Å². The van der Waals surface area contributed by atoms with Gasteiger partial charge in [-0.1, -0.05) is 55.7 Å². The van der Waals surface area contributed by atoms with E-state index in [0.29, 0.717) is 13.0 Å². The zero-order valence-electron chi connectivity index (χ0n) is 32.3. The average Bonchev–Trinajstić information content (AvgIpc) is 3.80. The molecule has 312 valence electrons. The van der Waals surface area contributed by atoms with Crippen LogP contribution in [0.2, 0.25) is 0 Å². The van der Waals surface area contributed by atoms with Gasteiger partial charge in [0.05, 0.1) is 24.0 Å². The maximum absolute atomic E-state index is 13.8. The van der Waals surface area contributed by atoms with Crippen LogP contribution in [0.1, 0.15) is 65.7 Å². The lowest BCUT2D eigenvalue weighted by Gasteiger charge is -2.34. The predicted octanol–water partition coefficient (Wildman–Crippen LogP) is 2.87. The molecule has 2 saturated heterocycles. The number of rotatable bonds is 11. The number of carbonyl (C=O) groups is 4. The van der Waals surface area contributed by atoms with Gasteiger partial charge in [-0.25, -0.2) is 35.9 Å². The molecule has 0 spiro atoms. The fraction of sp³-hybridized carbons (Fsp3) is 0.568. The summed E-state index contributed by atoms with van der Waals surface area (Å²) in [6, 6.07) is 12.7. The number of benzene rings is 2. The minimum absolute atomic E-state index is 0. The number of nitrogens with one attached hydrogen (secondary N) is 4. The summed E-state index contributed by atoms with van der Waals surface area (Å²) < 4.78 is 70.0. The molecule has 3 fully saturated rings. The highest BCUT2D eigenvalue weighted by Crippen LogP contribution is 2.30. The first-order valence-electron chi connectivity index (χ1n) is 18.3. The summed E-state index contributed by atoms with van der Waals surface area (Å²) in [6.45, 7) is 5.60. The van der Waals surface area contributed by atoms with Crippen LogP contribution in [0, 0.1) is 5.92 Å². The Bertz CT molecular complexity index is 1840. The fourth-order valence-electron chi connectivity index (χ4n) is 6.91. The second-order valence-corrected chi connectivity index (χ2v) is 18.2. The van der Waals surface area contributed by atoms with Gasteiger partial charge in [0, 0.05) is 25.2 Å². The van der Waals surface area contributed by atoms with Crippen LogP contribution in [-0.4, -0.2) is 109 Å². The molecule has 0 radical (unpaired) electrons. The van der Waals surface area contributed by atoms with Crippen molar-refractivity contribution in [2.24, 2.45) is 5.92 Å². The summed E-state index contributed by atoms with van der Waals surface area (Å²) >= 11 is 0. The van der Waals surface area contributed by atoms with E-state index in [4.69, 9.17) is 9.47 Å². The number of methoxy groups -OCH3 is 2. The predicted molar refractivity (Wildman–Crippen MR) is 209 cm³/mol. The lowest BCUT2D eigenvalue weighted by Crippen LogP contribution is -2.56. The molecule has 4 N–H and O–H groups in total. The zero-order valence-corrected chi connectivity index (χ0v) is 34.7. The van der Waals surface area contributed by atoms with Crippen LogP contribution in [0.3, 0.4) is 0 Å². The maximum atomic E-state index is 13.8. The molecule has 2 amide bonds. The molecule has 2 aromatic carbocycles. The molecule has 2 aromatic rings. The molecule has 0 aromatic heterocycles. The quantitative estimate of drug-likeness (QED) is 0.190. The van der Waals surface area contributed by atoms with E-state index in [1.165, 1.54) is 43.4 Å². The molecule has 1 aliphatic carbocycles. The topological polar surface area (TPSA) is 216 Å². The highest BCUT2D eigenvalue weighted by atomic mass is 35.5. The van der Waals surface area contributed by atoms with Crippen molar-refractivity contribution in [2.75, 3.05) is 27.3 Å². The van der Waals surface area contributed by atoms with E-state index in [1.54, 1.807) is 57.2 Å². The Balaban J connectivity index is 0.000000354. The van der Waals surface area contributed by atoms with Crippen molar-refractivity contribution < 1.29 is 50.2 Å². The Kier molecular flexibility index (Phi) is 17.1. The molecular formula is C37H54ClN5O11S2. The van der Waals surface area contributed by atoms with Crippen LogP contribution in [0.5, 0.6) is 0 Å². The lowest BCUT2D eigenvalue weighted by atomic mass is 9.83. The second-order valence-electron chi connectivity index (χ2n) is 14.8. The number of nitrogens with zero attached hydrogens (tertiary/aromatic N) is 1. The van der Waals surface area contributed by atoms with Gasteiger partial charge in [-0.3, -0.25) is 9.59 Å². The molecule has 0 bridgehead atoms. The molecule has 19 heteroatoms. The van der Waals surface area contributed by atoms with Crippen LogP contribution in [-0.2, 0) is 48.6 Å². The lowest BCUT2D eigenvalue weighted by molar-refractivity contribution is -0.152. The number of hydrogen-bond acceptors (Lipinski definition) is 12. The van der Waals surface area contributed by atoms with E-state index in [9.17, 15) is 36.0 Å². The highest BCUT2D eigenvalue weighted by Gasteiger charge is 2.46. The number of likely N-dealkylation sites (tertiary alicyclic amines) is 1. The van der Waals surface area contributed by atoms with Gasteiger partial charge in [0.2, 0.25) is 26.0 Å². The molecule has 16 nitrogen and oxygen atoms in total. The van der Waals surface area contributed by atoms with E-state index in [2.05, 4.69) is 24.8 Å². The third-order valence-electron chi connectivity index (χ3n) is 9.48. The van der Waals surface area contributed by atoms with Gasteiger partial charge < -0.3 is 29.7 Å². The second kappa shape index (κ2) is 20.6. The van der Waals surface area contributed by atoms with Gasteiger partial charge in [0.15, 0.2) is 0 Å². The highest BCUT2D eigenvalue weighted by molar-refractivity contribution is 7.89. The Labute approximate surface area is 335 Å². The van der Waals surface area contributed by atoms with Crippen LogP contribution in [0.25, 0.3) is 0 Å². The van der Waals surface area contributed by atoms with Gasteiger partial charge in [-0.2, -0.15) is 0 Å². The maximum Gasteiger partial charge on any atom is 0.408 e. The van der Waals surface area contributed by atoms with Gasteiger partial charge >= 0.3 is 18.0 Å². The SMILES string of the molecule is COC(=O)[C@@H]1C[C@@H](NS(=O)(=O)c2ccccc2)CN1.COC(=O)[C@@H]1C[C@@H](NS(=O)(=O)c2ccccc2)CN1C(=O)[C@@H](NC(=O)OC(C)(C)C)C1CCCCC1.Cl. The monoisotopic (exact) mass is 843 g/mol. The summed E-state index contributed by atoms with van der Waals surface area (Å²) in [5.41, 5.74) is -0.743. The van der Waals surface area contributed by atoms with Crippen molar-refractivity contribution in [3.63, 3.8) is 0 Å². The molecule has 56 heavy (non-hydrogen) atoms. The van der Waals surface area contributed by atoms with Gasteiger partial charge in [-0.05, 0) is 76.6 Å². The number of esters is 2. The summed E-state index contributed by atoms with van der Waals surface area (Å²) in [6.07, 6.45) is 4.19. The summed E-state index contributed by atoms with van der Waals surface area (Å²) in [4.78, 5) is 52.0. The third kappa shape index (κ3) is 13.1. The van der Waals surface area contributed by atoms with Crippen molar-refractivity contribution in [3.05, 3.63) is 60.7 Å². The van der Waals surface area contributed by atoms with E-state index < -0.39 is 67.8 Å². The number of amides is 2. The van der Waals surface area contributed by atoms with E-state index in [0.717, 1.165) is 32.1 Å². The fourth-order valence-corrected chi connectivity index (χ4v) is 9.44. The van der Waals surface area contributed by atoms with Crippen molar-refractivity contribution in [1.29, 1.82) is 0 Å². The van der Waals surface area contributed by atoms with Crippen molar-refractivity contribution in [3.8, 4) is 0 Å². The smallest absolute Gasteiger partial charge is 0.408 e. The molecule has 1 saturated carbocycles. The van der Waals surface area contributed by atoms with Crippen LogP contribution in [0.15, 0.2) is 70.5 Å². The Morgan fingerprint density at radius 2 is 1.29 bits per heavy atom. The van der Waals surface area contributed by atoms with E-state index in [-0.39, 0.29) is 53.1 Å². The molecule has 3 aliphatic rings. The molecule has 5 atom stereocenters. The van der Waals surface area contributed by atoms with Crippen LogP contribution in [0.4, 0.5) is 4.79 Å². The minimum atomic E-state index is -3.86. The van der Waals surface area contributed by atoms with Gasteiger partial charge in [-0.15, -0.1) is 12.4 Å². The van der Waals surface area contributed by atoms with Crippen molar-refractivity contribution >= 4 is 56.4 Å². The Morgan fingerprint density at radius 3 is 1.79 bits per heavy atom. The largest absolute Gasteiger partial charge is 0.468 e. The Morgan fingerprint density at radius 1 is 0.768 bits per heavy atom. The molecule has 2 heterocycles. The van der Waals surface area contributed by atoms with Gasteiger partial charge in [0.1, 0.15) is 23.7 Å². The first-order chi connectivity index (χ1) is 25.9. The van der Waals surface area contributed by atoms with Crippen LogP contribution < -0.4 is 20.1 Å².